The number of carbonyl (C=O) groups is 1. The summed E-state index contributed by atoms with van der Waals surface area (Å²) in [6, 6.07) is 0.203. The van der Waals surface area contributed by atoms with Gasteiger partial charge in [-0.2, -0.15) is 4.39 Å². The molecule has 0 aromatic carbocycles. The summed E-state index contributed by atoms with van der Waals surface area (Å²) >= 11 is 0. The second-order valence-electron chi connectivity index (χ2n) is 9.36. The quantitative estimate of drug-likeness (QED) is 0.136. The molecule has 0 bridgehead atoms. The number of amidine groups is 2. The van der Waals surface area contributed by atoms with Crippen LogP contribution in [0.4, 0.5) is 4.39 Å². The molecule has 0 aromatic rings. The SMILES string of the molecule is C=C1CN=C(CN2CCN(S(=O)C(=C/C)/C(=C\C)OC(F)(P)P)CC2)NC1=NC(C)C(C)C.CC.CC.CCC.NC=O. The summed E-state index contributed by atoms with van der Waals surface area (Å²) in [5.74, 6) is 2.43. The van der Waals surface area contributed by atoms with Crippen molar-refractivity contribution in [2.24, 2.45) is 21.6 Å². The molecule has 9 nitrogen and oxygen atoms in total. The molecule has 4 atom stereocenters. The van der Waals surface area contributed by atoms with E-state index in [2.05, 4.69) is 62.1 Å². The van der Waals surface area contributed by atoms with Gasteiger partial charge in [-0.1, -0.05) is 74.5 Å². The largest absolute Gasteiger partial charge is 0.451 e. The Balaban J connectivity index is -0.00000142. The number of ether oxygens (including phenoxy) is 1. The topological polar surface area (TPSA) is 113 Å². The lowest BCUT2D eigenvalue weighted by molar-refractivity contribution is -0.106. The molecule has 3 N–H and O–H groups in total. The van der Waals surface area contributed by atoms with Crippen LogP contribution in [0.3, 0.4) is 0 Å². The predicted molar refractivity (Wildman–Crippen MR) is 193 cm³/mol. The summed E-state index contributed by atoms with van der Waals surface area (Å²) in [4.78, 5) is 20.7. The van der Waals surface area contributed by atoms with Crippen LogP contribution in [0, 0.1) is 5.92 Å². The van der Waals surface area contributed by atoms with Gasteiger partial charge in [-0.05, 0) is 51.2 Å². The molecule has 0 radical (unpaired) electrons. The average molecular weight is 667 g/mol. The molecule has 252 valence electrons. The van der Waals surface area contributed by atoms with Crippen molar-refractivity contribution < 1.29 is 18.1 Å². The van der Waals surface area contributed by atoms with Crippen molar-refractivity contribution in [3.8, 4) is 0 Å². The third-order valence-electron chi connectivity index (χ3n) is 5.52. The smallest absolute Gasteiger partial charge is 0.270 e. The van der Waals surface area contributed by atoms with Crippen LogP contribution in [0.1, 0.15) is 82.6 Å². The molecular formula is C30H61FN6O3P2S. The van der Waals surface area contributed by atoms with Gasteiger partial charge in [0.1, 0.15) is 28.4 Å². The second-order valence-corrected chi connectivity index (χ2v) is 13.1. The highest BCUT2D eigenvalue weighted by atomic mass is 32.2. The predicted octanol–water partition coefficient (Wildman–Crippen LogP) is 5.99. The van der Waals surface area contributed by atoms with Crippen LogP contribution >= 0.6 is 18.5 Å². The molecule has 2 rings (SSSR count). The minimum Gasteiger partial charge on any atom is -0.451 e. The maximum Gasteiger partial charge on any atom is 0.270 e. The minimum absolute atomic E-state index is 0.203. The van der Waals surface area contributed by atoms with Gasteiger partial charge < -0.3 is 15.8 Å². The van der Waals surface area contributed by atoms with Crippen LogP contribution in [0.25, 0.3) is 0 Å². The van der Waals surface area contributed by atoms with Crippen molar-refractivity contribution in [2.45, 2.75) is 94.0 Å². The highest BCUT2D eigenvalue weighted by Gasteiger charge is 2.29. The minimum atomic E-state index is -2.01. The number of nitrogens with two attached hydrogens (primary N) is 1. The van der Waals surface area contributed by atoms with Crippen molar-refractivity contribution >= 4 is 47.5 Å². The van der Waals surface area contributed by atoms with Crippen LogP contribution in [-0.4, -0.2) is 82.1 Å². The molecule has 43 heavy (non-hydrogen) atoms. The number of carbonyl (C=O) groups excluding carboxylic acids is 1. The number of nitrogens with one attached hydrogen (secondary N) is 1. The number of nitrogens with zero attached hydrogens (tertiary/aromatic N) is 4. The van der Waals surface area contributed by atoms with E-state index in [0.29, 0.717) is 37.0 Å². The second kappa shape index (κ2) is 26.9. The Morgan fingerprint density at radius 3 is 2.05 bits per heavy atom. The third kappa shape index (κ3) is 20.2. The van der Waals surface area contributed by atoms with Crippen molar-refractivity contribution in [3.05, 3.63) is 35.0 Å². The number of allylic oxidation sites excluding steroid dienone is 2. The average Bonchev–Trinajstić information content (AvgIpc) is 2.97. The van der Waals surface area contributed by atoms with Gasteiger partial charge in [-0.3, -0.25) is 19.7 Å². The zero-order valence-electron chi connectivity index (χ0n) is 28.6. The van der Waals surface area contributed by atoms with Crippen molar-refractivity contribution in [3.63, 3.8) is 0 Å². The van der Waals surface area contributed by atoms with E-state index in [9.17, 15) is 8.60 Å². The number of rotatable bonds is 9. The van der Waals surface area contributed by atoms with Gasteiger partial charge in [-0.25, -0.2) is 8.51 Å². The van der Waals surface area contributed by atoms with Crippen molar-refractivity contribution in [2.75, 3.05) is 39.3 Å². The molecule has 1 amide bonds. The van der Waals surface area contributed by atoms with Gasteiger partial charge in [0.15, 0.2) is 0 Å². The van der Waals surface area contributed by atoms with Crippen LogP contribution in [0.5, 0.6) is 0 Å². The zero-order chi connectivity index (χ0) is 34.2. The number of hydrogen-bond donors (Lipinski definition) is 2. The summed E-state index contributed by atoms with van der Waals surface area (Å²) in [5.41, 5.74) is 5.07. The zero-order valence-corrected chi connectivity index (χ0v) is 31.7. The Labute approximate surface area is 269 Å². The number of hydrogen-bond acceptors (Lipinski definition) is 6. The lowest BCUT2D eigenvalue weighted by Gasteiger charge is -2.35. The maximum atomic E-state index is 13.9. The Kier molecular flexibility index (Phi) is 28.7. The Hall–Kier alpha value is -1.51. The number of piperazine rings is 1. The van der Waals surface area contributed by atoms with E-state index in [0.717, 1.165) is 30.3 Å². The lowest BCUT2D eigenvalue weighted by atomic mass is 10.1. The first kappa shape index (κ1) is 45.9. The van der Waals surface area contributed by atoms with Gasteiger partial charge in [-0.15, -0.1) is 0 Å². The number of primary amides is 1. The molecule has 0 aliphatic carbocycles. The van der Waals surface area contributed by atoms with Gasteiger partial charge in [0.2, 0.25) is 6.41 Å². The monoisotopic (exact) mass is 666 g/mol. The molecule has 0 spiro atoms. The van der Waals surface area contributed by atoms with Crippen LogP contribution < -0.4 is 11.1 Å². The fourth-order valence-corrected chi connectivity index (χ4v) is 4.81. The molecule has 2 aliphatic heterocycles. The normalized spacial score (nSPS) is 18.5. The lowest BCUT2D eigenvalue weighted by Crippen LogP contribution is -2.51. The number of halogens is 1. The Morgan fingerprint density at radius 2 is 1.65 bits per heavy atom. The molecule has 4 unspecified atom stereocenters. The number of amides is 1. The molecule has 1 fully saturated rings. The van der Waals surface area contributed by atoms with Gasteiger partial charge in [0, 0.05) is 31.8 Å². The molecule has 13 heteroatoms. The van der Waals surface area contributed by atoms with E-state index in [1.54, 1.807) is 26.0 Å². The van der Waals surface area contributed by atoms with Crippen molar-refractivity contribution in [1.82, 2.24) is 14.5 Å². The highest BCUT2D eigenvalue weighted by molar-refractivity contribution is 7.87. The molecule has 0 aromatic heterocycles. The van der Waals surface area contributed by atoms with Gasteiger partial charge in [0.05, 0.1) is 24.0 Å². The summed E-state index contributed by atoms with van der Waals surface area (Å²) in [6.45, 7) is 30.2. The first-order valence-electron chi connectivity index (χ1n) is 15.2. The van der Waals surface area contributed by atoms with Crippen molar-refractivity contribution in [1.29, 1.82) is 0 Å². The summed E-state index contributed by atoms with van der Waals surface area (Å²) in [7, 11) is 2.49. The Morgan fingerprint density at radius 1 is 1.16 bits per heavy atom. The van der Waals surface area contributed by atoms with Gasteiger partial charge >= 0.3 is 0 Å². The Bertz CT molecular complexity index is 929. The molecule has 2 aliphatic rings. The maximum absolute atomic E-state index is 13.9. The van der Waals surface area contributed by atoms with Gasteiger partial charge in [0.25, 0.3) is 5.34 Å². The van der Waals surface area contributed by atoms with E-state index in [1.165, 1.54) is 6.42 Å². The van der Waals surface area contributed by atoms with E-state index in [-0.39, 0.29) is 18.2 Å². The standard InChI is InChI=1S/C22H38FN5O2P2S.C3H8.2C2H6.CH3NO/c1-7-18(30-22(23,31)32)19(8-2)33(29)28-11-9-27(10-12-28)14-20-24-13-16(5)21(26-20)25-17(6)15(3)4;1-3-2;2*1-2;2-1-3/h7-8,15,17H,5,9-14,31-32H2,1-4,6H3,(H,24,25,26);3H2,1-2H3;2*1-2H3;1H,(H2,2,3)/b18-7+,19-8+;;;;. The van der Waals surface area contributed by atoms with E-state index < -0.39 is 16.3 Å². The third-order valence-corrected chi connectivity index (χ3v) is 7.40. The summed E-state index contributed by atoms with van der Waals surface area (Å²) in [5, 5.41) is 1.35. The fraction of sp³-hybridized carbons (Fsp3) is 0.700. The molecule has 0 saturated carbocycles. The number of alkyl halides is 1. The molecule has 1 saturated heterocycles. The summed E-state index contributed by atoms with van der Waals surface area (Å²) < 4.78 is 34.3. The van der Waals surface area contributed by atoms with Crippen LogP contribution in [0.15, 0.2) is 45.0 Å². The van der Waals surface area contributed by atoms with E-state index >= 15 is 0 Å². The van der Waals surface area contributed by atoms with Crippen LogP contribution in [0.2, 0.25) is 0 Å². The summed E-state index contributed by atoms with van der Waals surface area (Å²) in [6.07, 6.45) is 4.84. The first-order chi connectivity index (χ1) is 20.3. The first-order valence-corrected chi connectivity index (χ1v) is 17.4. The highest BCUT2D eigenvalue weighted by Crippen LogP contribution is 2.35. The number of aliphatic imine (C=N–C) groups is 2. The van der Waals surface area contributed by atoms with E-state index in [4.69, 9.17) is 14.5 Å². The molecule has 2 heterocycles. The van der Waals surface area contributed by atoms with Crippen LogP contribution in [-0.2, 0) is 20.5 Å². The molecular weight excluding hydrogens is 605 g/mol. The fourth-order valence-electron chi connectivity index (χ4n) is 3.25. The van der Waals surface area contributed by atoms with E-state index in [1.807, 2.05) is 50.5 Å².